The standard InChI is InChI=1S/C21H34N4O2.HI/c1-4-5-8-11-24(3)21(22-2)23-18-19-9-6-7-10-20(19)27-17-14-25-12-15-26-16-13-25;/h4,6-7,9-10H,1,5,8,11-18H2,2-3H3,(H,22,23);1H. The van der Waals surface area contributed by atoms with Crippen molar-refractivity contribution >= 4 is 29.9 Å². The fraction of sp³-hybridized carbons (Fsp3) is 0.571. The lowest BCUT2D eigenvalue weighted by Gasteiger charge is -2.26. The third-order valence-electron chi connectivity index (χ3n) is 4.65. The van der Waals surface area contributed by atoms with Gasteiger partial charge in [-0.3, -0.25) is 9.89 Å². The molecule has 0 atom stereocenters. The maximum absolute atomic E-state index is 6.06. The predicted molar refractivity (Wildman–Crippen MR) is 127 cm³/mol. The minimum Gasteiger partial charge on any atom is -0.492 e. The monoisotopic (exact) mass is 502 g/mol. The molecule has 6 nitrogen and oxygen atoms in total. The van der Waals surface area contributed by atoms with Crippen LogP contribution in [0.5, 0.6) is 5.75 Å². The predicted octanol–water partition coefficient (Wildman–Crippen LogP) is 2.99. The summed E-state index contributed by atoms with van der Waals surface area (Å²) in [6.45, 7) is 10.6. The Labute approximate surface area is 187 Å². The molecule has 0 unspecified atom stereocenters. The van der Waals surface area contributed by atoms with Gasteiger partial charge in [-0.1, -0.05) is 24.3 Å². The summed E-state index contributed by atoms with van der Waals surface area (Å²) < 4.78 is 11.4. The van der Waals surface area contributed by atoms with Crippen molar-refractivity contribution < 1.29 is 9.47 Å². The highest BCUT2D eigenvalue weighted by molar-refractivity contribution is 14.0. The van der Waals surface area contributed by atoms with E-state index in [9.17, 15) is 0 Å². The molecular formula is C21H35IN4O2. The van der Waals surface area contributed by atoms with Crippen molar-refractivity contribution in [2.24, 2.45) is 4.99 Å². The number of para-hydroxylation sites is 1. The molecule has 1 aliphatic rings. The number of guanidine groups is 1. The van der Waals surface area contributed by atoms with Gasteiger partial charge in [0.1, 0.15) is 12.4 Å². The highest BCUT2D eigenvalue weighted by Crippen LogP contribution is 2.18. The van der Waals surface area contributed by atoms with Crippen molar-refractivity contribution in [1.82, 2.24) is 15.1 Å². The van der Waals surface area contributed by atoms with Crippen molar-refractivity contribution in [1.29, 1.82) is 0 Å². The first kappa shape index (κ1) is 24.7. The van der Waals surface area contributed by atoms with E-state index >= 15 is 0 Å². The van der Waals surface area contributed by atoms with Crippen LogP contribution in [0.25, 0.3) is 0 Å². The summed E-state index contributed by atoms with van der Waals surface area (Å²) in [5.74, 6) is 1.82. The number of rotatable bonds is 10. The molecular weight excluding hydrogens is 467 g/mol. The van der Waals surface area contributed by atoms with Crippen molar-refractivity contribution in [2.75, 3.05) is 60.1 Å². The van der Waals surface area contributed by atoms with Crippen LogP contribution in [-0.4, -0.2) is 75.9 Å². The number of allylic oxidation sites excluding steroid dienone is 1. The number of nitrogens with one attached hydrogen (secondary N) is 1. The number of benzene rings is 1. The molecule has 0 spiro atoms. The van der Waals surface area contributed by atoms with Crippen LogP contribution in [0.2, 0.25) is 0 Å². The molecule has 2 rings (SSSR count). The van der Waals surface area contributed by atoms with E-state index < -0.39 is 0 Å². The van der Waals surface area contributed by atoms with Gasteiger partial charge in [-0.15, -0.1) is 30.6 Å². The van der Waals surface area contributed by atoms with Crippen molar-refractivity contribution in [3.63, 3.8) is 0 Å². The molecule has 0 aliphatic carbocycles. The summed E-state index contributed by atoms with van der Waals surface area (Å²) in [6, 6.07) is 8.20. The zero-order chi connectivity index (χ0) is 19.3. The van der Waals surface area contributed by atoms with Gasteiger partial charge >= 0.3 is 0 Å². The van der Waals surface area contributed by atoms with Crippen LogP contribution in [0.4, 0.5) is 0 Å². The number of hydrogen-bond acceptors (Lipinski definition) is 4. The first-order chi connectivity index (χ1) is 13.2. The Morgan fingerprint density at radius 1 is 1.36 bits per heavy atom. The number of hydrogen-bond donors (Lipinski definition) is 1. The summed E-state index contributed by atoms with van der Waals surface area (Å²) in [4.78, 5) is 8.90. The molecule has 1 saturated heterocycles. The van der Waals surface area contributed by atoms with Gasteiger partial charge in [0.05, 0.1) is 13.2 Å². The van der Waals surface area contributed by atoms with Gasteiger partial charge in [-0.05, 0) is 18.9 Å². The van der Waals surface area contributed by atoms with E-state index in [0.717, 1.165) is 69.5 Å². The highest BCUT2D eigenvalue weighted by Gasteiger charge is 2.11. The van der Waals surface area contributed by atoms with Gasteiger partial charge in [0.15, 0.2) is 5.96 Å². The van der Waals surface area contributed by atoms with Gasteiger partial charge < -0.3 is 19.7 Å². The van der Waals surface area contributed by atoms with Gasteiger partial charge in [0.25, 0.3) is 0 Å². The number of aliphatic imine (C=N–C) groups is 1. The number of halogens is 1. The van der Waals surface area contributed by atoms with Gasteiger partial charge in [0.2, 0.25) is 0 Å². The molecule has 1 aliphatic heterocycles. The normalized spacial score (nSPS) is 14.9. The Hall–Kier alpha value is -1.32. The van der Waals surface area contributed by atoms with E-state index in [1.807, 2.05) is 31.3 Å². The van der Waals surface area contributed by atoms with Crippen LogP contribution < -0.4 is 10.1 Å². The molecule has 1 fully saturated rings. The molecule has 1 N–H and O–H groups in total. The van der Waals surface area contributed by atoms with Crippen molar-refractivity contribution in [3.05, 3.63) is 42.5 Å². The molecule has 1 heterocycles. The molecule has 1 aromatic carbocycles. The Morgan fingerprint density at radius 3 is 2.82 bits per heavy atom. The van der Waals surface area contributed by atoms with Crippen molar-refractivity contribution in [3.8, 4) is 5.75 Å². The first-order valence-electron chi connectivity index (χ1n) is 9.78. The molecule has 7 heteroatoms. The Bertz CT molecular complexity index is 592. The molecule has 0 bridgehead atoms. The summed E-state index contributed by atoms with van der Waals surface area (Å²) in [5.41, 5.74) is 1.14. The van der Waals surface area contributed by atoms with Gasteiger partial charge in [-0.2, -0.15) is 0 Å². The zero-order valence-electron chi connectivity index (χ0n) is 17.2. The molecule has 0 radical (unpaired) electrons. The van der Waals surface area contributed by atoms with E-state index in [4.69, 9.17) is 9.47 Å². The molecule has 1 aromatic rings. The van der Waals surface area contributed by atoms with Gasteiger partial charge in [-0.25, -0.2) is 0 Å². The van der Waals surface area contributed by atoms with Crippen LogP contribution >= 0.6 is 24.0 Å². The van der Waals surface area contributed by atoms with Gasteiger partial charge in [0, 0.05) is 52.4 Å². The number of unbranched alkanes of at least 4 members (excludes halogenated alkanes) is 1. The molecule has 0 saturated carbocycles. The molecule has 28 heavy (non-hydrogen) atoms. The van der Waals surface area contributed by atoms with Crippen LogP contribution in [0, 0.1) is 0 Å². The average Bonchev–Trinajstić information content (AvgIpc) is 2.70. The van der Waals surface area contributed by atoms with E-state index in [1.165, 1.54) is 0 Å². The number of nitrogens with zero attached hydrogens (tertiary/aromatic N) is 3. The van der Waals surface area contributed by atoms with E-state index in [2.05, 4.69) is 39.8 Å². The van der Waals surface area contributed by atoms with Crippen LogP contribution in [-0.2, 0) is 11.3 Å². The fourth-order valence-electron chi connectivity index (χ4n) is 3.04. The SMILES string of the molecule is C=CCCCN(C)C(=NC)NCc1ccccc1OCCN1CCOCC1.I. The maximum atomic E-state index is 6.06. The largest absolute Gasteiger partial charge is 0.492 e. The average molecular weight is 502 g/mol. The smallest absolute Gasteiger partial charge is 0.193 e. The topological polar surface area (TPSA) is 49.3 Å². The Kier molecular flexibility index (Phi) is 12.9. The Morgan fingerprint density at radius 2 is 2.11 bits per heavy atom. The second kappa shape index (κ2) is 14.6. The lowest BCUT2D eigenvalue weighted by molar-refractivity contribution is 0.0322. The summed E-state index contributed by atoms with van der Waals surface area (Å²) in [5, 5.41) is 3.44. The van der Waals surface area contributed by atoms with Crippen molar-refractivity contribution in [2.45, 2.75) is 19.4 Å². The second-order valence-electron chi connectivity index (χ2n) is 6.66. The lowest BCUT2D eigenvalue weighted by Crippen LogP contribution is -2.39. The fourth-order valence-corrected chi connectivity index (χ4v) is 3.04. The Balaban J connectivity index is 0.00000392. The van der Waals surface area contributed by atoms with E-state index in [-0.39, 0.29) is 24.0 Å². The molecule has 158 valence electrons. The molecule has 0 aromatic heterocycles. The lowest BCUT2D eigenvalue weighted by atomic mass is 10.2. The quantitative estimate of drug-likeness (QED) is 0.175. The van der Waals surface area contributed by atoms with E-state index in [0.29, 0.717) is 13.2 Å². The summed E-state index contributed by atoms with van der Waals surface area (Å²) in [6.07, 6.45) is 4.04. The van der Waals surface area contributed by atoms with E-state index in [1.54, 1.807) is 0 Å². The minimum absolute atomic E-state index is 0. The van der Waals surface area contributed by atoms with Crippen LogP contribution in [0.1, 0.15) is 18.4 Å². The van der Waals surface area contributed by atoms with Crippen LogP contribution in [0.3, 0.4) is 0 Å². The third-order valence-corrected chi connectivity index (χ3v) is 4.65. The minimum atomic E-state index is 0. The van der Waals surface area contributed by atoms with Crippen LogP contribution in [0.15, 0.2) is 41.9 Å². The number of morpholine rings is 1. The summed E-state index contributed by atoms with van der Waals surface area (Å²) >= 11 is 0. The zero-order valence-corrected chi connectivity index (χ0v) is 19.6. The third kappa shape index (κ3) is 8.79. The maximum Gasteiger partial charge on any atom is 0.193 e. The highest BCUT2D eigenvalue weighted by atomic mass is 127. The number of ether oxygens (including phenoxy) is 2. The second-order valence-corrected chi connectivity index (χ2v) is 6.66. The first-order valence-corrected chi connectivity index (χ1v) is 9.78. The molecule has 0 amide bonds. The summed E-state index contributed by atoms with van der Waals surface area (Å²) in [7, 11) is 3.88.